The first-order chi connectivity index (χ1) is 19.5. The van der Waals surface area contributed by atoms with E-state index in [0.717, 1.165) is 0 Å². The van der Waals surface area contributed by atoms with Crippen molar-refractivity contribution in [3.63, 3.8) is 0 Å². The maximum Gasteiger partial charge on any atom is 0.257 e. The highest BCUT2D eigenvalue weighted by Crippen LogP contribution is 2.61. The van der Waals surface area contributed by atoms with Gasteiger partial charge in [0.15, 0.2) is 5.72 Å². The summed E-state index contributed by atoms with van der Waals surface area (Å²) in [7, 11) is 7.25. The smallest absolute Gasteiger partial charge is 0.257 e. The van der Waals surface area contributed by atoms with E-state index in [1.807, 2.05) is 15.7 Å². The molecule has 12 heteroatoms. The Morgan fingerprint density at radius 3 is 2.14 bits per heavy atom. The second-order valence-corrected chi connectivity index (χ2v) is 13.5. The summed E-state index contributed by atoms with van der Waals surface area (Å²) in [5, 5.41) is 29.6. The first-order valence-electron chi connectivity index (χ1n) is 14.0. The second kappa shape index (κ2) is 10.0. The standard InChI is InChI=1S/C30H32B4ClFN2O4/c1-26(2,40)20-13-22-24(23(36)14-20)28(19-7-9-21(35)10-8-19,42-30(33,34)27(11-12-27)29(31,32)41)38(25(22)39)16-18-5-3-17(15-37)4-6-18/h3-10,13-14,40-41H,11-12,16,31-34H2,1-2H3/t28-/m1/s1. The minimum Gasteiger partial charge on any atom is -0.407 e. The summed E-state index contributed by atoms with van der Waals surface area (Å²) in [4.78, 5) is 15.9. The number of hydrogen-bond acceptors (Lipinski definition) is 5. The first kappa shape index (κ1) is 30.4. The van der Waals surface area contributed by atoms with Crippen molar-refractivity contribution in [1.29, 1.82) is 5.26 Å². The zero-order valence-corrected chi connectivity index (χ0v) is 25.5. The third-order valence-electron chi connectivity index (χ3n) is 9.13. The number of carbonyl (C=O) groups is 1. The molecule has 0 unspecified atom stereocenters. The van der Waals surface area contributed by atoms with Gasteiger partial charge in [-0.25, -0.2) is 4.39 Å². The van der Waals surface area contributed by atoms with E-state index in [0.29, 0.717) is 34.6 Å². The van der Waals surface area contributed by atoms with Crippen LogP contribution in [0.1, 0.15) is 64.9 Å². The molecule has 1 atom stereocenters. The normalized spacial score (nSPS) is 19.8. The minimum absolute atomic E-state index is 0.0325. The number of fused-ring (bicyclic) bond motifs is 1. The summed E-state index contributed by atoms with van der Waals surface area (Å²) in [6.07, 6.45) is 1.38. The summed E-state index contributed by atoms with van der Waals surface area (Å²) in [5.41, 5.74) is -1.77. The number of aliphatic hydroxyl groups is 2. The van der Waals surface area contributed by atoms with E-state index in [9.17, 15) is 20.3 Å². The third-order valence-corrected chi connectivity index (χ3v) is 9.38. The fourth-order valence-corrected chi connectivity index (χ4v) is 6.76. The molecule has 1 fully saturated rings. The average molecular weight is 582 g/mol. The molecular weight excluding hydrogens is 550 g/mol. The number of ether oxygens (including phenoxy) is 1. The first-order valence-corrected chi connectivity index (χ1v) is 14.4. The fourth-order valence-electron chi connectivity index (χ4n) is 6.63. The van der Waals surface area contributed by atoms with Crippen molar-refractivity contribution in [3.05, 3.63) is 105 Å². The molecule has 42 heavy (non-hydrogen) atoms. The maximum atomic E-state index is 16.6. The highest BCUT2D eigenvalue weighted by molar-refractivity contribution is 6.45. The van der Waals surface area contributed by atoms with Crippen molar-refractivity contribution in [3.8, 4) is 6.07 Å². The van der Waals surface area contributed by atoms with Crippen molar-refractivity contribution in [2.24, 2.45) is 5.41 Å². The molecule has 1 saturated carbocycles. The maximum absolute atomic E-state index is 16.6. The fraction of sp³-hybridized carbons (Fsp3) is 0.333. The lowest BCUT2D eigenvalue weighted by Crippen LogP contribution is -2.62. The van der Waals surface area contributed by atoms with Crippen LogP contribution in [0, 0.1) is 22.6 Å². The van der Waals surface area contributed by atoms with Crippen LogP contribution in [0.3, 0.4) is 0 Å². The van der Waals surface area contributed by atoms with E-state index in [4.69, 9.17) is 16.3 Å². The number of amides is 1. The van der Waals surface area contributed by atoms with Crippen LogP contribution in [0.5, 0.6) is 0 Å². The molecule has 2 aliphatic rings. The number of nitriles is 1. The van der Waals surface area contributed by atoms with Crippen LogP contribution in [-0.2, 0) is 22.6 Å². The van der Waals surface area contributed by atoms with Gasteiger partial charge in [0.2, 0.25) is 0 Å². The number of hydrogen-bond donors (Lipinski definition) is 2. The predicted octanol–water partition coefficient (Wildman–Crippen LogP) is 1.06. The lowest BCUT2D eigenvalue weighted by molar-refractivity contribution is -0.169. The molecule has 212 valence electrons. The van der Waals surface area contributed by atoms with E-state index in [1.54, 1.807) is 64.2 Å². The third kappa shape index (κ3) is 4.79. The minimum atomic E-state index is -1.75. The van der Waals surface area contributed by atoms with E-state index in [1.165, 1.54) is 30.9 Å². The van der Waals surface area contributed by atoms with Crippen molar-refractivity contribution in [1.82, 2.24) is 4.90 Å². The second-order valence-electron chi connectivity index (χ2n) is 13.0. The van der Waals surface area contributed by atoms with Gasteiger partial charge >= 0.3 is 0 Å². The van der Waals surface area contributed by atoms with Crippen LogP contribution in [0.2, 0.25) is 5.02 Å². The summed E-state index contributed by atoms with van der Waals surface area (Å²) in [6, 6.07) is 18.5. The molecular formula is C30H32B4ClFN2O4. The van der Waals surface area contributed by atoms with Gasteiger partial charge in [0.1, 0.15) is 37.2 Å². The molecule has 0 aromatic heterocycles. The number of halogens is 2. The van der Waals surface area contributed by atoms with Crippen molar-refractivity contribution in [2.75, 3.05) is 0 Å². The predicted molar refractivity (Wildman–Crippen MR) is 170 cm³/mol. The van der Waals surface area contributed by atoms with Crippen LogP contribution in [0.25, 0.3) is 0 Å². The molecule has 1 aliphatic carbocycles. The lowest BCUT2D eigenvalue weighted by Gasteiger charge is -2.51. The molecule has 6 nitrogen and oxygen atoms in total. The molecule has 0 spiro atoms. The van der Waals surface area contributed by atoms with Gasteiger partial charge in [-0.05, 0) is 79.6 Å². The van der Waals surface area contributed by atoms with E-state index in [-0.39, 0.29) is 23.2 Å². The zero-order valence-electron chi connectivity index (χ0n) is 24.8. The van der Waals surface area contributed by atoms with Crippen molar-refractivity contribution < 1.29 is 24.1 Å². The monoisotopic (exact) mass is 582 g/mol. The van der Waals surface area contributed by atoms with Gasteiger partial charge in [-0.1, -0.05) is 35.9 Å². The quantitative estimate of drug-likeness (QED) is 0.388. The Hall–Kier alpha value is -3.02. The van der Waals surface area contributed by atoms with Gasteiger partial charge in [-0.15, -0.1) is 0 Å². The number of nitrogens with zero attached hydrogens (tertiary/aromatic N) is 2. The number of carbonyl (C=O) groups excluding carboxylic acids is 1. The van der Waals surface area contributed by atoms with Gasteiger partial charge in [-0.3, -0.25) is 9.69 Å². The SMILES string of the molecule is BC(B)(O)C1(C(B)(B)O[C@]2(c3ccc(Cl)cc3)c3c(F)cc(C(C)(C)O)cc3C(=O)N2Cc2ccc(C#N)cc2)CC1. The van der Waals surface area contributed by atoms with Crippen molar-refractivity contribution in [2.45, 2.75) is 55.4 Å². The summed E-state index contributed by atoms with van der Waals surface area (Å²) in [6.45, 7) is 3.10. The van der Waals surface area contributed by atoms with Crippen LogP contribution >= 0.6 is 11.6 Å². The molecule has 1 aliphatic heterocycles. The topological polar surface area (TPSA) is 93.8 Å². The zero-order chi connectivity index (χ0) is 30.9. The number of benzene rings is 3. The van der Waals surface area contributed by atoms with Crippen LogP contribution in [-0.4, -0.2) is 63.2 Å². The van der Waals surface area contributed by atoms with Gasteiger partial charge in [0, 0.05) is 27.9 Å². The Morgan fingerprint density at radius 2 is 1.64 bits per heavy atom. The van der Waals surface area contributed by atoms with Crippen LogP contribution in [0.15, 0.2) is 60.7 Å². The molecule has 5 rings (SSSR count). The van der Waals surface area contributed by atoms with E-state index in [2.05, 4.69) is 6.07 Å². The average Bonchev–Trinajstić information content (AvgIpc) is 3.70. The molecule has 3 aromatic carbocycles. The molecule has 0 bridgehead atoms. The molecule has 3 aromatic rings. The summed E-state index contributed by atoms with van der Waals surface area (Å²) < 4.78 is 23.7. The van der Waals surface area contributed by atoms with Gasteiger partial charge < -0.3 is 14.9 Å². The molecule has 2 N–H and O–H groups in total. The molecule has 1 amide bonds. The van der Waals surface area contributed by atoms with Gasteiger partial charge in [0.05, 0.1) is 28.4 Å². The van der Waals surface area contributed by atoms with Crippen molar-refractivity contribution >= 4 is 48.9 Å². The highest BCUT2D eigenvalue weighted by atomic mass is 35.5. The highest BCUT2D eigenvalue weighted by Gasteiger charge is 2.66. The summed E-state index contributed by atoms with van der Waals surface area (Å²) in [5.74, 6) is -1.17. The lowest BCUT2D eigenvalue weighted by atomic mass is 9.43. The Morgan fingerprint density at radius 1 is 1.05 bits per heavy atom. The van der Waals surface area contributed by atoms with Gasteiger partial charge in [-0.2, -0.15) is 5.26 Å². The Balaban J connectivity index is 1.81. The van der Waals surface area contributed by atoms with E-state index >= 15 is 4.39 Å². The van der Waals surface area contributed by atoms with Crippen LogP contribution in [0.4, 0.5) is 4.39 Å². The Bertz CT molecular complexity index is 1590. The Labute approximate surface area is 254 Å². The molecule has 0 radical (unpaired) electrons. The van der Waals surface area contributed by atoms with Crippen LogP contribution < -0.4 is 0 Å². The van der Waals surface area contributed by atoms with E-state index < -0.39 is 39.3 Å². The summed E-state index contributed by atoms with van der Waals surface area (Å²) >= 11 is 6.28. The van der Waals surface area contributed by atoms with Gasteiger partial charge in [0.25, 0.3) is 5.91 Å². The molecule has 0 saturated heterocycles. The largest absolute Gasteiger partial charge is 0.407 e. The molecule has 1 heterocycles. The number of rotatable bonds is 8. The Kier molecular flexibility index (Phi) is 7.26.